The fourth-order valence-electron chi connectivity index (χ4n) is 1.57. The highest BCUT2D eigenvalue weighted by atomic mass is 16.5. The largest absolute Gasteiger partial charge is 0.493 e. The van der Waals surface area contributed by atoms with Crippen LogP contribution in [0.1, 0.15) is 37.3 Å². The smallest absolute Gasteiger partial charge is 0.234 e. The normalized spacial score (nSPS) is 12.5. The maximum atomic E-state index is 10.8. The molecule has 0 heterocycles. The van der Waals surface area contributed by atoms with Crippen LogP contribution < -0.4 is 16.2 Å². The van der Waals surface area contributed by atoms with Crippen LogP contribution in [0, 0.1) is 6.92 Å². The number of aryl methyl sites for hydroxylation is 1. The van der Waals surface area contributed by atoms with Crippen LogP contribution in [0.25, 0.3) is 0 Å². The molecule has 0 bridgehead atoms. The summed E-state index contributed by atoms with van der Waals surface area (Å²) in [5.74, 6) is 0.810. The second-order valence-corrected chi connectivity index (χ2v) is 4.83. The van der Waals surface area contributed by atoms with Crippen LogP contribution in [0.5, 0.6) is 5.75 Å². The lowest BCUT2D eigenvalue weighted by molar-refractivity contribution is -0.119. The van der Waals surface area contributed by atoms with E-state index in [4.69, 9.17) is 16.2 Å². The molecule has 18 heavy (non-hydrogen) atoms. The molecule has 1 aromatic carbocycles. The third-order valence-corrected chi connectivity index (χ3v) is 2.93. The summed E-state index contributed by atoms with van der Waals surface area (Å²) in [6.07, 6.45) is 0.431. The number of hydrogen-bond donors (Lipinski definition) is 2. The lowest BCUT2D eigenvalue weighted by atomic mass is 10.0. The first-order chi connectivity index (χ1) is 8.41. The molecule has 100 valence electrons. The molecule has 1 rings (SSSR count). The molecule has 1 aromatic rings. The summed E-state index contributed by atoms with van der Waals surface area (Å²) in [7, 11) is 0. The second-order valence-electron chi connectivity index (χ2n) is 4.83. The SMILES string of the molecule is Cc1ccc(C(C)C)cc1OCCC(N)C(N)=O. The fraction of sp³-hybridized carbons (Fsp3) is 0.500. The van der Waals surface area contributed by atoms with Gasteiger partial charge < -0.3 is 16.2 Å². The zero-order valence-electron chi connectivity index (χ0n) is 11.3. The molecular formula is C14H22N2O2. The standard InChI is InChI=1S/C14H22N2O2/c1-9(2)11-5-4-10(3)13(8-11)18-7-6-12(15)14(16)17/h4-5,8-9,12H,6-7,15H2,1-3H3,(H2,16,17). The Morgan fingerprint density at radius 2 is 2.06 bits per heavy atom. The second kappa shape index (κ2) is 6.40. The van der Waals surface area contributed by atoms with E-state index in [1.807, 2.05) is 19.1 Å². The maximum absolute atomic E-state index is 10.8. The van der Waals surface area contributed by atoms with Gasteiger partial charge in [0.2, 0.25) is 5.91 Å². The lowest BCUT2D eigenvalue weighted by Gasteiger charge is -2.14. The van der Waals surface area contributed by atoms with Crippen LogP contribution >= 0.6 is 0 Å². The van der Waals surface area contributed by atoms with Crippen LogP contribution in [0.15, 0.2) is 18.2 Å². The van der Waals surface area contributed by atoms with E-state index in [0.29, 0.717) is 18.9 Å². The van der Waals surface area contributed by atoms with Gasteiger partial charge in [-0.25, -0.2) is 0 Å². The van der Waals surface area contributed by atoms with Crippen molar-refractivity contribution in [2.24, 2.45) is 11.5 Å². The van der Waals surface area contributed by atoms with Gasteiger partial charge in [0.05, 0.1) is 12.6 Å². The third-order valence-electron chi connectivity index (χ3n) is 2.93. The summed E-state index contributed by atoms with van der Waals surface area (Å²) in [6, 6.07) is 5.54. The number of carbonyl (C=O) groups is 1. The van der Waals surface area contributed by atoms with Gasteiger partial charge in [0.15, 0.2) is 0 Å². The monoisotopic (exact) mass is 250 g/mol. The predicted octanol–water partition coefficient (Wildman–Crippen LogP) is 1.70. The van der Waals surface area contributed by atoms with Crippen molar-refractivity contribution in [3.63, 3.8) is 0 Å². The summed E-state index contributed by atoms with van der Waals surface area (Å²) in [6.45, 7) is 6.66. The Hall–Kier alpha value is -1.55. The number of benzene rings is 1. The zero-order valence-corrected chi connectivity index (χ0v) is 11.3. The summed E-state index contributed by atoms with van der Waals surface area (Å²) in [5.41, 5.74) is 12.9. The van der Waals surface area contributed by atoms with Gasteiger partial charge in [-0.05, 0) is 30.0 Å². The van der Waals surface area contributed by atoms with Gasteiger partial charge in [0.25, 0.3) is 0 Å². The Labute approximate surface area is 108 Å². The Bertz CT molecular complexity index is 416. The third kappa shape index (κ3) is 4.04. The van der Waals surface area contributed by atoms with Crippen LogP contribution in [-0.4, -0.2) is 18.6 Å². The van der Waals surface area contributed by atoms with Gasteiger partial charge in [0.1, 0.15) is 5.75 Å². The number of nitrogens with two attached hydrogens (primary N) is 2. The number of ether oxygens (including phenoxy) is 1. The number of amides is 1. The Morgan fingerprint density at radius 1 is 1.39 bits per heavy atom. The quantitative estimate of drug-likeness (QED) is 0.806. The lowest BCUT2D eigenvalue weighted by Crippen LogP contribution is -2.37. The fourth-order valence-corrected chi connectivity index (χ4v) is 1.57. The number of hydrogen-bond acceptors (Lipinski definition) is 3. The molecule has 4 heteroatoms. The van der Waals surface area contributed by atoms with E-state index in [-0.39, 0.29) is 0 Å². The molecule has 4 N–H and O–H groups in total. The van der Waals surface area contributed by atoms with E-state index in [9.17, 15) is 4.79 Å². The highest BCUT2D eigenvalue weighted by molar-refractivity contribution is 5.79. The molecule has 1 amide bonds. The van der Waals surface area contributed by atoms with Gasteiger partial charge in [-0.3, -0.25) is 4.79 Å². The molecular weight excluding hydrogens is 228 g/mol. The number of rotatable bonds is 6. The van der Waals surface area contributed by atoms with Crippen molar-refractivity contribution in [1.82, 2.24) is 0 Å². The van der Waals surface area contributed by atoms with Crippen LogP contribution in [0.3, 0.4) is 0 Å². The summed E-state index contributed by atoms with van der Waals surface area (Å²) < 4.78 is 5.66. The predicted molar refractivity (Wildman–Crippen MR) is 72.5 cm³/mol. The first-order valence-corrected chi connectivity index (χ1v) is 6.20. The van der Waals surface area contributed by atoms with E-state index in [1.54, 1.807) is 0 Å². The number of carbonyl (C=O) groups excluding carboxylic acids is 1. The van der Waals surface area contributed by atoms with Gasteiger partial charge in [-0.1, -0.05) is 26.0 Å². The van der Waals surface area contributed by atoms with Crippen molar-refractivity contribution in [2.75, 3.05) is 6.61 Å². The Balaban J connectivity index is 2.61. The Kier molecular flexibility index (Phi) is 5.16. The van der Waals surface area contributed by atoms with Crippen molar-refractivity contribution < 1.29 is 9.53 Å². The molecule has 0 aliphatic rings. The van der Waals surface area contributed by atoms with Crippen LogP contribution in [-0.2, 0) is 4.79 Å². The molecule has 0 fully saturated rings. The van der Waals surface area contributed by atoms with Crippen molar-refractivity contribution in [3.8, 4) is 5.75 Å². The van der Waals surface area contributed by atoms with E-state index >= 15 is 0 Å². The van der Waals surface area contributed by atoms with Crippen molar-refractivity contribution in [2.45, 2.75) is 39.2 Å². The van der Waals surface area contributed by atoms with E-state index in [2.05, 4.69) is 19.9 Å². The van der Waals surface area contributed by atoms with Crippen LogP contribution in [0.4, 0.5) is 0 Å². The molecule has 0 aliphatic carbocycles. The molecule has 0 aromatic heterocycles. The highest BCUT2D eigenvalue weighted by Gasteiger charge is 2.10. The molecule has 1 unspecified atom stereocenters. The van der Waals surface area contributed by atoms with Gasteiger partial charge in [-0.15, -0.1) is 0 Å². The minimum absolute atomic E-state index is 0.395. The first kappa shape index (κ1) is 14.5. The minimum atomic E-state index is -0.640. The molecule has 0 aliphatic heterocycles. The average molecular weight is 250 g/mol. The molecule has 0 spiro atoms. The minimum Gasteiger partial charge on any atom is -0.493 e. The summed E-state index contributed by atoms with van der Waals surface area (Å²) in [5, 5.41) is 0. The van der Waals surface area contributed by atoms with Crippen LogP contribution in [0.2, 0.25) is 0 Å². The van der Waals surface area contributed by atoms with Gasteiger partial charge >= 0.3 is 0 Å². The van der Waals surface area contributed by atoms with Crippen molar-refractivity contribution >= 4 is 5.91 Å². The van der Waals surface area contributed by atoms with E-state index in [0.717, 1.165) is 11.3 Å². The van der Waals surface area contributed by atoms with E-state index in [1.165, 1.54) is 5.56 Å². The molecule has 0 saturated heterocycles. The molecule has 4 nitrogen and oxygen atoms in total. The van der Waals surface area contributed by atoms with Crippen molar-refractivity contribution in [3.05, 3.63) is 29.3 Å². The average Bonchev–Trinajstić information content (AvgIpc) is 2.30. The van der Waals surface area contributed by atoms with Crippen molar-refractivity contribution in [1.29, 1.82) is 0 Å². The number of primary amides is 1. The van der Waals surface area contributed by atoms with E-state index < -0.39 is 11.9 Å². The first-order valence-electron chi connectivity index (χ1n) is 6.20. The summed E-state index contributed by atoms with van der Waals surface area (Å²) >= 11 is 0. The molecule has 1 atom stereocenters. The van der Waals surface area contributed by atoms with Gasteiger partial charge in [-0.2, -0.15) is 0 Å². The Morgan fingerprint density at radius 3 is 2.61 bits per heavy atom. The topological polar surface area (TPSA) is 78.3 Å². The zero-order chi connectivity index (χ0) is 13.7. The van der Waals surface area contributed by atoms with Gasteiger partial charge in [0, 0.05) is 6.42 Å². The highest BCUT2D eigenvalue weighted by Crippen LogP contribution is 2.24. The molecule has 0 radical (unpaired) electrons. The maximum Gasteiger partial charge on any atom is 0.234 e. The summed E-state index contributed by atoms with van der Waals surface area (Å²) in [4.78, 5) is 10.8. The molecule has 0 saturated carbocycles.